The first-order chi connectivity index (χ1) is 8.25. The van der Waals surface area contributed by atoms with Gasteiger partial charge in [0, 0.05) is 18.3 Å². The zero-order valence-corrected chi connectivity index (χ0v) is 12.2. The molecule has 1 aromatic carbocycles. The molecule has 18 heavy (non-hydrogen) atoms. The number of nitrogen functional groups attached to an aromatic ring is 1. The van der Waals surface area contributed by atoms with Crippen molar-refractivity contribution in [3.63, 3.8) is 0 Å². The van der Waals surface area contributed by atoms with Crippen molar-refractivity contribution in [3.8, 4) is 0 Å². The Morgan fingerprint density at radius 3 is 2.28 bits per heavy atom. The van der Waals surface area contributed by atoms with E-state index >= 15 is 0 Å². The molecule has 0 aromatic heterocycles. The molecule has 0 heterocycles. The van der Waals surface area contributed by atoms with Crippen LogP contribution in [0.1, 0.15) is 33.3 Å². The van der Waals surface area contributed by atoms with Gasteiger partial charge in [-0.25, -0.2) is 8.42 Å². The maximum absolute atomic E-state index is 12.3. The second-order valence-corrected chi connectivity index (χ2v) is 7.42. The second kappa shape index (κ2) is 5.71. The minimum absolute atomic E-state index is 0.0705. The van der Waals surface area contributed by atoms with E-state index in [1.807, 2.05) is 32.0 Å². The largest absolute Gasteiger partial charge is 0.399 e. The highest BCUT2D eigenvalue weighted by Gasteiger charge is 2.28. The summed E-state index contributed by atoms with van der Waals surface area (Å²) in [5.41, 5.74) is 7.27. The Labute approximate surface area is 110 Å². The molecule has 0 aliphatic rings. The molecule has 2 N–H and O–H groups in total. The zero-order chi connectivity index (χ0) is 13.9. The molecule has 0 bridgehead atoms. The Kier molecular flexibility index (Phi) is 4.76. The number of sulfonamides is 1. The highest BCUT2D eigenvalue weighted by molar-refractivity contribution is 7.89. The number of nitrogens with zero attached hydrogens (tertiary/aromatic N) is 1. The lowest BCUT2D eigenvalue weighted by Crippen LogP contribution is -2.40. The van der Waals surface area contributed by atoms with E-state index < -0.39 is 15.3 Å². The number of hydrogen-bond acceptors (Lipinski definition) is 3. The summed E-state index contributed by atoms with van der Waals surface area (Å²) in [6, 6.07) is 7.26. The number of benzene rings is 1. The van der Waals surface area contributed by atoms with Crippen LogP contribution in [0.3, 0.4) is 0 Å². The van der Waals surface area contributed by atoms with Crippen molar-refractivity contribution in [1.82, 2.24) is 4.31 Å². The van der Waals surface area contributed by atoms with Gasteiger partial charge in [0.05, 0.1) is 5.25 Å². The van der Waals surface area contributed by atoms with Crippen molar-refractivity contribution in [3.05, 3.63) is 29.8 Å². The predicted octanol–water partition coefficient (Wildman–Crippen LogP) is 2.22. The van der Waals surface area contributed by atoms with E-state index in [9.17, 15) is 8.42 Å². The molecule has 0 aliphatic heterocycles. The first kappa shape index (κ1) is 15.0. The number of anilines is 1. The van der Waals surface area contributed by atoms with E-state index in [1.54, 1.807) is 19.9 Å². The first-order valence-corrected chi connectivity index (χ1v) is 7.60. The molecule has 0 unspecified atom stereocenters. The summed E-state index contributed by atoms with van der Waals surface area (Å²) in [7, 11) is -3.26. The number of hydrogen-bond donors (Lipinski definition) is 1. The quantitative estimate of drug-likeness (QED) is 0.834. The van der Waals surface area contributed by atoms with E-state index in [-0.39, 0.29) is 6.04 Å². The normalized spacial score (nSPS) is 12.6. The molecule has 0 spiro atoms. The van der Waals surface area contributed by atoms with Gasteiger partial charge in [0.15, 0.2) is 0 Å². The van der Waals surface area contributed by atoms with Crippen LogP contribution in [-0.4, -0.2) is 24.0 Å². The third kappa shape index (κ3) is 3.46. The second-order valence-electron chi connectivity index (χ2n) is 4.98. The van der Waals surface area contributed by atoms with Gasteiger partial charge in [0.25, 0.3) is 0 Å². The average Bonchev–Trinajstić information content (AvgIpc) is 2.25. The summed E-state index contributed by atoms with van der Waals surface area (Å²) in [6.07, 6.45) is 0. The molecular weight excluding hydrogens is 248 g/mol. The van der Waals surface area contributed by atoms with Crippen LogP contribution in [0.5, 0.6) is 0 Å². The molecule has 102 valence electrons. The van der Waals surface area contributed by atoms with Crippen LogP contribution in [0.25, 0.3) is 0 Å². The lowest BCUT2D eigenvalue weighted by molar-refractivity contribution is 0.344. The van der Waals surface area contributed by atoms with Gasteiger partial charge >= 0.3 is 0 Å². The van der Waals surface area contributed by atoms with Crippen molar-refractivity contribution in [2.24, 2.45) is 0 Å². The van der Waals surface area contributed by atoms with Crippen molar-refractivity contribution in [2.75, 3.05) is 5.73 Å². The Morgan fingerprint density at radius 2 is 1.83 bits per heavy atom. The fourth-order valence-electron chi connectivity index (χ4n) is 1.71. The molecule has 0 saturated carbocycles. The van der Waals surface area contributed by atoms with Crippen molar-refractivity contribution in [1.29, 1.82) is 0 Å². The van der Waals surface area contributed by atoms with E-state index in [0.29, 0.717) is 12.2 Å². The zero-order valence-electron chi connectivity index (χ0n) is 11.4. The van der Waals surface area contributed by atoms with Gasteiger partial charge < -0.3 is 5.73 Å². The van der Waals surface area contributed by atoms with Gasteiger partial charge in [0.2, 0.25) is 10.0 Å². The molecule has 0 radical (unpaired) electrons. The van der Waals surface area contributed by atoms with Crippen LogP contribution < -0.4 is 5.73 Å². The van der Waals surface area contributed by atoms with Crippen molar-refractivity contribution >= 4 is 15.7 Å². The number of rotatable bonds is 5. The molecule has 4 nitrogen and oxygen atoms in total. The van der Waals surface area contributed by atoms with Gasteiger partial charge in [-0.15, -0.1) is 0 Å². The topological polar surface area (TPSA) is 63.4 Å². The third-order valence-corrected chi connectivity index (χ3v) is 5.18. The monoisotopic (exact) mass is 270 g/mol. The fraction of sp³-hybridized carbons (Fsp3) is 0.538. The van der Waals surface area contributed by atoms with Crippen LogP contribution in [0.15, 0.2) is 24.3 Å². The summed E-state index contributed by atoms with van der Waals surface area (Å²) >= 11 is 0. The summed E-state index contributed by atoms with van der Waals surface area (Å²) < 4.78 is 26.0. The lowest BCUT2D eigenvalue weighted by Gasteiger charge is -2.28. The Morgan fingerprint density at radius 1 is 1.22 bits per heavy atom. The molecule has 0 atom stereocenters. The Hall–Kier alpha value is -1.07. The molecule has 5 heteroatoms. The van der Waals surface area contributed by atoms with Crippen LogP contribution in [0.2, 0.25) is 0 Å². The lowest BCUT2D eigenvalue weighted by atomic mass is 10.2. The summed E-state index contributed by atoms with van der Waals surface area (Å²) in [4.78, 5) is 0. The summed E-state index contributed by atoms with van der Waals surface area (Å²) in [6.45, 7) is 7.52. The van der Waals surface area contributed by atoms with Crippen LogP contribution in [-0.2, 0) is 16.6 Å². The van der Waals surface area contributed by atoms with Gasteiger partial charge in [-0.1, -0.05) is 12.1 Å². The average molecular weight is 270 g/mol. The highest BCUT2D eigenvalue weighted by Crippen LogP contribution is 2.18. The van der Waals surface area contributed by atoms with E-state index in [1.165, 1.54) is 4.31 Å². The first-order valence-electron chi connectivity index (χ1n) is 6.10. The number of nitrogens with two attached hydrogens (primary N) is 1. The maximum atomic E-state index is 12.3. The minimum atomic E-state index is -3.26. The Bertz CT molecular complexity index is 495. The molecule has 0 amide bonds. The van der Waals surface area contributed by atoms with Crippen LogP contribution >= 0.6 is 0 Å². The Balaban J connectivity index is 3.02. The molecule has 0 saturated heterocycles. The molecule has 0 fully saturated rings. The molecular formula is C13H22N2O2S. The minimum Gasteiger partial charge on any atom is -0.399 e. The smallest absolute Gasteiger partial charge is 0.216 e. The van der Waals surface area contributed by atoms with Crippen molar-refractivity contribution < 1.29 is 8.42 Å². The van der Waals surface area contributed by atoms with E-state index in [0.717, 1.165) is 5.56 Å². The van der Waals surface area contributed by atoms with Gasteiger partial charge in [0.1, 0.15) is 0 Å². The van der Waals surface area contributed by atoms with E-state index in [2.05, 4.69) is 0 Å². The van der Waals surface area contributed by atoms with Crippen molar-refractivity contribution in [2.45, 2.75) is 45.5 Å². The predicted molar refractivity (Wildman–Crippen MR) is 75.6 cm³/mol. The summed E-state index contributed by atoms with van der Waals surface area (Å²) in [5.74, 6) is 0. The summed E-state index contributed by atoms with van der Waals surface area (Å²) in [5, 5.41) is -0.416. The molecule has 1 aromatic rings. The van der Waals surface area contributed by atoms with Gasteiger partial charge in [-0.3, -0.25) is 0 Å². The highest BCUT2D eigenvalue weighted by atomic mass is 32.2. The van der Waals surface area contributed by atoms with Crippen LogP contribution in [0.4, 0.5) is 5.69 Å². The standard InChI is InChI=1S/C13H22N2O2S/c1-10(2)15(18(16,17)11(3)4)9-12-6-5-7-13(14)8-12/h5-8,10-11H,9,14H2,1-4H3. The maximum Gasteiger partial charge on any atom is 0.216 e. The van der Waals surface area contributed by atoms with Gasteiger partial charge in [-0.2, -0.15) is 4.31 Å². The van der Waals surface area contributed by atoms with E-state index in [4.69, 9.17) is 5.73 Å². The van der Waals surface area contributed by atoms with Crippen LogP contribution in [0, 0.1) is 0 Å². The third-order valence-electron chi connectivity index (χ3n) is 2.79. The molecule has 1 rings (SSSR count). The fourth-order valence-corrected chi connectivity index (χ4v) is 3.17. The SMILES string of the molecule is CC(C)N(Cc1cccc(N)c1)S(=O)(=O)C(C)C. The van der Waals surface area contributed by atoms with Gasteiger partial charge in [-0.05, 0) is 45.4 Å². The molecule has 0 aliphatic carbocycles.